The first kappa shape index (κ1) is 13.0. The summed E-state index contributed by atoms with van der Waals surface area (Å²) in [6, 6.07) is 0. The lowest BCUT2D eigenvalue weighted by Gasteiger charge is -2.08. The minimum absolute atomic E-state index is 0.0997. The van der Waals surface area contributed by atoms with Gasteiger partial charge in [-0.25, -0.2) is 27.3 Å². The summed E-state index contributed by atoms with van der Waals surface area (Å²) in [5.41, 5.74) is -0.789. The van der Waals surface area contributed by atoms with Gasteiger partial charge >= 0.3 is 0 Å². The standard InChI is InChI=1S/C6H4ClF2IN2O2S/c7-3-4(15(11,13)14)2(5(8)9)1-12-6(3)10/h1,5H,(H2,11,13,14). The molecule has 0 amide bonds. The zero-order valence-electron chi connectivity index (χ0n) is 6.92. The Kier molecular flexibility index (Phi) is 3.85. The van der Waals surface area contributed by atoms with Crippen LogP contribution in [0.3, 0.4) is 0 Å². The topological polar surface area (TPSA) is 73.1 Å². The monoisotopic (exact) mass is 368 g/mol. The van der Waals surface area contributed by atoms with Gasteiger partial charge in [-0.1, -0.05) is 11.6 Å². The molecule has 0 aliphatic carbocycles. The number of sulfonamides is 1. The fraction of sp³-hybridized carbons (Fsp3) is 0.167. The number of pyridine rings is 1. The van der Waals surface area contributed by atoms with Gasteiger partial charge in [-0.2, -0.15) is 0 Å². The Morgan fingerprint density at radius 3 is 2.47 bits per heavy atom. The maximum Gasteiger partial charge on any atom is 0.266 e. The van der Waals surface area contributed by atoms with Crippen molar-refractivity contribution in [3.05, 3.63) is 20.5 Å². The number of hydrogen-bond acceptors (Lipinski definition) is 3. The number of primary sulfonamides is 1. The highest BCUT2D eigenvalue weighted by Crippen LogP contribution is 2.32. The van der Waals surface area contributed by atoms with Crippen LogP contribution >= 0.6 is 34.2 Å². The molecule has 0 saturated heterocycles. The number of nitrogens with two attached hydrogens (primary N) is 1. The quantitative estimate of drug-likeness (QED) is 0.640. The first-order chi connectivity index (χ1) is 6.75. The number of halogens is 4. The van der Waals surface area contributed by atoms with Crippen molar-refractivity contribution in [2.75, 3.05) is 0 Å². The maximum absolute atomic E-state index is 12.4. The fourth-order valence-corrected chi connectivity index (χ4v) is 2.80. The third kappa shape index (κ3) is 2.74. The number of rotatable bonds is 2. The second kappa shape index (κ2) is 4.44. The van der Waals surface area contributed by atoms with Gasteiger partial charge in [-0.3, -0.25) is 0 Å². The van der Waals surface area contributed by atoms with Crippen molar-refractivity contribution >= 4 is 44.2 Å². The molecule has 0 aliphatic heterocycles. The maximum atomic E-state index is 12.4. The molecule has 0 saturated carbocycles. The highest BCUT2D eigenvalue weighted by Gasteiger charge is 2.26. The van der Waals surface area contributed by atoms with Crippen LogP contribution in [-0.4, -0.2) is 13.4 Å². The van der Waals surface area contributed by atoms with Crippen molar-refractivity contribution in [1.82, 2.24) is 4.98 Å². The molecule has 0 bridgehead atoms. The fourth-order valence-electron chi connectivity index (χ4n) is 0.907. The zero-order valence-corrected chi connectivity index (χ0v) is 10.6. The molecule has 0 aromatic carbocycles. The minimum Gasteiger partial charge on any atom is -0.248 e. The van der Waals surface area contributed by atoms with Gasteiger partial charge in [0.15, 0.2) is 0 Å². The Labute approximate surface area is 103 Å². The molecule has 1 aromatic rings. The summed E-state index contributed by atoms with van der Waals surface area (Å²) in [7, 11) is -4.29. The molecule has 0 atom stereocenters. The van der Waals surface area contributed by atoms with Crippen molar-refractivity contribution < 1.29 is 17.2 Å². The summed E-state index contributed by atoms with van der Waals surface area (Å²) in [5.74, 6) is 0. The number of alkyl halides is 2. The van der Waals surface area contributed by atoms with Gasteiger partial charge in [0.2, 0.25) is 10.0 Å². The van der Waals surface area contributed by atoms with E-state index in [1.165, 1.54) is 0 Å². The van der Waals surface area contributed by atoms with E-state index in [1.807, 2.05) is 0 Å². The smallest absolute Gasteiger partial charge is 0.248 e. The summed E-state index contributed by atoms with van der Waals surface area (Å²) in [6.07, 6.45) is -2.25. The van der Waals surface area contributed by atoms with E-state index in [4.69, 9.17) is 16.7 Å². The summed E-state index contributed by atoms with van der Waals surface area (Å²) >= 11 is 7.19. The van der Waals surface area contributed by atoms with E-state index in [-0.39, 0.29) is 8.72 Å². The summed E-state index contributed by atoms with van der Waals surface area (Å²) in [5, 5.41) is 4.41. The Morgan fingerprint density at radius 2 is 2.07 bits per heavy atom. The summed E-state index contributed by atoms with van der Waals surface area (Å²) in [6.45, 7) is 0. The molecular formula is C6H4ClF2IN2O2S. The van der Waals surface area contributed by atoms with Crippen LogP contribution in [0.25, 0.3) is 0 Å². The van der Waals surface area contributed by atoms with Crippen LogP contribution in [0.15, 0.2) is 11.1 Å². The lowest BCUT2D eigenvalue weighted by Crippen LogP contribution is -2.16. The highest BCUT2D eigenvalue weighted by atomic mass is 127. The van der Waals surface area contributed by atoms with Gasteiger partial charge in [-0.15, -0.1) is 0 Å². The molecule has 0 aliphatic rings. The van der Waals surface area contributed by atoms with E-state index < -0.39 is 26.9 Å². The SMILES string of the molecule is NS(=O)(=O)c1c(C(F)F)cnc(I)c1Cl. The van der Waals surface area contributed by atoms with Crippen LogP contribution in [0.5, 0.6) is 0 Å². The predicted molar refractivity (Wildman–Crippen MR) is 58.3 cm³/mol. The van der Waals surface area contributed by atoms with E-state index in [9.17, 15) is 17.2 Å². The van der Waals surface area contributed by atoms with E-state index in [1.54, 1.807) is 22.6 Å². The summed E-state index contributed by atoms with van der Waals surface area (Å²) in [4.78, 5) is 2.76. The van der Waals surface area contributed by atoms with Crippen molar-refractivity contribution in [3.8, 4) is 0 Å². The first-order valence-electron chi connectivity index (χ1n) is 3.40. The van der Waals surface area contributed by atoms with E-state index in [0.29, 0.717) is 0 Å². The molecule has 0 spiro atoms. The molecule has 4 nitrogen and oxygen atoms in total. The Bertz CT molecular complexity index is 494. The minimum atomic E-state index is -4.29. The molecule has 0 unspecified atom stereocenters. The molecular weight excluding hydrogens is 364 g/mol. The third-order valence-corrected chi connectivity index (χ3v) is 4.10. The summed E-state index contributed by atoms with van der Waals surface area (Å²) < 4.78 is 47.1. The van der Waals surface area contributed by atoms with Gasteiger partial charge in [0.1, 0.15) is 8.60 Å². The molecule has 9 heteroatoms. The second-order valence-corrected chi connectivity index (χ2v) is 5.39. The van der Waals surface area contributed by atoms with Crippen LogP contribution in [0, 0.1) is 3.70 Å². The Hall–Kier alpha value is -0.0600. The van der Waals surface area contributed by atoms with E-state index in [0.717, 1.165) is 6.20 Å². The van der Waals surface area contributed by atoms with Gasteiger partial charge in [0, 0.05) is 6.20 Å². The van der Waals surface area contributed by atoms with Crippen molar-refractivity contribution in [3.63, 3.8) is 0 Å². The lowest BCUT2D eigenvalue weighted by molar-refractivity contribution is 0.147. The Morgan fingerprint density at radius 1 is 1.53 bits per heavy atom. The molecule has 1 heterocycles. The van der Waals surface area contributed by atoms with Gasteiger partial charge in [0.05, 0.1) is 10.6 Å². The molecule has 2 N–H and O–H groups in total. The van der Waals surface area contributed by atoms with Crippen molar-refractivity contribution in [1.29, 1.82) is 0 Å². The third-order valence-electron chi connectivity index (χ3n) is 1.48. The average Bonchev–Trinajstić information content (AvgIpc) is 2.06. The first-order valence-corrected chi connectivity index (χ1v) is 6.40. The van der Waals surface area contributed by atoms with Crippen molar-refractivity contribution in [2.24, 2.45) is 5.14 Å². The highest BCUT2D eigenvalue weighted by molar-refractivity contribution is 14.1. The van der Waals surface area contributed by atoms with E-state index >= 15 is 0 Å². The molecule has 15 heavy (non-hydrogen) atoms. The molecule has 1 aromatic heterocycles. The zero-order chi connectivity index (χ0) is 11.8. The van der Waals surface area contributed by atoms with Gasteiger partial charge < -0.3 is 0 Å². The predicted octanol–water partition coefficient (Wildman–Crippen LogP) is 1.92. The van der Waals surface area contributed by atoms with Gasteiger partial charge in [-0.05, 0) is 22.6 Å². The molecule has 0 radical (unpaired) electrons. The number of hydrogen-bond donors (Lipinski definition) is 1. The lowest BCUT2D eigenvalue weighted by atomic mass is 10.3. The molecule has 84 valence electrons. The number of nitrogens with zero attached hydrogens (tertiary/aromatic N) is 1. The van der Waals surface area contributed by atoms with Crippen LogP contribution in [0.1, 0.15) is 12.0 Å². The molecule has 1 rings (SSSR count). The Balaban J connectivity index is 3.65. The van der Waals surface area contributed by atoms with Gasteiger partial charge in [0.25, 0.3) is 6.43 Å². The second-order valence-electron chi connectivity index (χ2n) is 2.49. The van der Waals surface area contributed by atoms with Crippen LogP contribution in [0.4, 0.5) is 8.78 Å². The average molecular weight is 369 g/mol. The largest absolute Gasteiger partial charge is 0.266 e. The number of aromatic nitrogens is 1. The van der Waals surface area contributed by atoms with E-state index in [2.05, 4.69) is 4.98 Å². The molecule has 0 fully saturated rings. The normalized spacial score (nSPS) is 12.1. The van der Waals surface area contributed by atoms with Crippen LogP contribution in [-0.2, 0) is 10.0 Å². The van der Waals surface area contributed by atoms with Crippen molar-refractivity contribution in [2.45, 2.75) is 11.3 Å². The van der Waals surface area contributed by atoms with Crippen LogP contribution < -0.4 is 5.14 Å². The van der Waals surface area contributed by atoms with Crippen LogP contribution in [0.2, 0.25) is 5.02 Å².